The Morgan fingerprint density at radius 2 is 1.47 bits per heavy atom. The van der Waals surface area contributed by atoms with E-state index in [0.717, 1.165) is 18.5 Å². The van der Waals surface area contributed by atoms with Crippen molar-refractivity contribution >= 4 is 49.6 Å². The van der Waals surface area contributed by atoms with E-state index in [0.29, 0.717) is 0 Å². The Morgan fingerprint density at radius 3 is 1.88 bits per heavy atom. The maximum absolute atomic E-state index is 9.20. The van der Waals surface area contributed by atoms with E-state index in [1.54, 1.807) is 6.07 Å². The zero-order chi connectivity index (χ0) is 9.84. The van der Waals surface area contributed by atoms with Gasteiger partial charge in [-0.2, -0.15) is 0 Å². The second kappa shape index (κ2) is 12.4. The van der Waals surface area contributed by atoms with Crippen LogP contribution in [-0.4, -0.2) is 35.8 Å². The fourth-order valence-corrected chi connectivity index (χ4v) is 1.08. The van der Waals surface area contributed by atoms with Gasteiger partial charge < -0.3 is 15.1 Å². The minimum Gasteiger partial charge on any atom is -0.504 e. The summed E-state index contributed by atoms with van der Waals surface area (Å²) in [6.07, 6.45) is 0.876. The number of aromatic hydroxyl groups is 2. The summed E-state index contributed by atoms with van der Waals surface area (Å²) in [6, 6.07) is 4.93. The Bertz CT molecular complexity index is 298. The summed E-state index contributed by atoms with van der Waals surface area (Å²) in [6.45, 7) is 0.935. The van der Waals surface area contributed by atoms with Gasteiger partial charge in [-0.25, -0.2) is 0 Å². The molecule has 1 rings (SSSR count). The molecule has 0 unspecified atom stereocenters. The summed E-state index contributed by atoms with van der Waals surface area (Å²) >= 11 is 0. The number of hydrogen-bond acceptors (Lipinski definition) is 3. The highest BCUT2D eigenvalue weighted by atomic mass is 35.5. The second-order valence-electron chi connectivity index (χ2n) is 3.38. The van der Waals surface area contributed by atoms with Gasteiger partial charge in [-0.1, -0.05) is 6.07 Å². The van der Waals surface area contributed by atoms with Crippen LogP contribution >= 0.6 is 49.6 Å². The standard InChI is InChI=1S/C10H15NO2.4ClH/c1-11(2)6-5-8-3-4-9(12)10(13)7-8;;;;/h3-4,7,12-13H,5-6H2,1-2H3;4*1H. The summed E-state index contributed by atoms with van der Waals surface area (Å²) in [5, 5.41) is 18.3. The average molecular weight is 327 g/mol. The molecule has 0 saturated carbocycles. The lowest BCUT2D eigenvalue weighted by Gasteiger charge is -2.09. The third kappa shape index (κ3) is 9.62. The molecule has 1 aromatic rings. The molecule has 0 saturated heterocycles. The average Bonchev–Trinajstić information content (AvgIpc) is 2.07. The number of rotatable bonds is 3. The van der Waals surface area contributed by atoms with Crippen LogP contribution in [0.3, 0.4) is 0 Å². The molecule has 104 valence electrons. The van der Waals surface area contributed by atoms with Crippen LogP contribution in [0.1, 0.15) is 5.56 Å². The third-order valence-corrected chi connectivity index (χ3v) is 1.89. The third-order valence-electron chi connectivity index (χ3n) is 1.89. The number of phenolic OH excluding ortho intramolecular Hbond substituents is 2. The van der Waals surface area contributed by atoms with Gasteiger partial charge in [-0.05, 0) is 38.2 Å². The van der Waals surface area contributed by atoms with Gasteiger partial charge in [0.25, 0.3) is 0 Å². The number of likely N-dealkylation sites (N-methyl/N-ethyl adjacent to an activating group) is 1. The Kier molecular flexibility index (Phi) is 18.7. The largest absolute Gasteiger partial charge is 0.504 e. The molecule has 0 amide bonds. The first kappa shape index (κ1) is 25.7. The van der Waals surface area contributed by atoms with E-state index < -0.39 is 0 Å². The number of halogens is 4. The fraction of sp³-hybridized carbons (Fsp3) is 0.400. The van der Waals surface area contributed by atoms with Gasteiger partial charge in [0.15, 0.2) is 11.5 Å². The Labute approximate surface area is 127 Å². The maximum Gasteiger partial charge on any atom is 0.157 e. The van der Waals surface area contributed by atoms with E-state index in [4.69, 9.17) is 5.11 Å². The first-order valence-corrected chi connectivity index (χ1v) is 4.25. The van der Waals surface area contributed by atoms with Crippen LogP contribution in [0.2, 0.25) is 0 Å². The molecule has 0 heterocycles. The lowest BCUT2D eigenvalue weighted by molar-refractivity contribution is 0.399. The second-order valence-corrected chi connectivity index (χ2v) is 3.38. The van der Waals surface area contributed by atoms with Crippen LogP contribution in [-0.2, 0) is 6.42 Å². The highest BCUT2D eigenvalue weighted by Gasteiger charge is 2.00. The van der Waals surface area contributed by atoms with E-state index >= 15 is 0 Å². The van der Waals surface area contributed by atoms with Crippen molar-refractivity contribution in [3.05, 3.63) is 23.8 Å². The van der Waals surface area contributed by atoms with Crippen LogP contribution in [0.4, 0.5) is 0 Å². The van der Waals surface area contributed by atoms with Gasteiger partial charge >= 0.3 is 0 Å². The first-order chi connectivity index (χ1) is 6.09. The molecular weight excluding hydrogens is 308 g/mol. The molecule has 3 nitrogen and oxygen atoms in total. The van der Waals surface area contributed by atoms with E-state index in [1.807, 2.05) is 20.2 Å². The smallest absolute Gasteiger partial charge is 0.157 e. The maximum atomic E-state index is 9.20. The van der Waals surface area contributed by atoms with Crippen molar-refractivity contribution in [3.63, 3.8) is 0 Å². The lowest BCUT2D eigenvalue weighted by atomic mass is 10.1. The van der Waals surface area contributed by atoms with Crippen LogP contribution in [0.25, 0.3) is 0 Å². The fourth-order valence-electron chi connectivity index (χ4n) is 1.08. The van der Waals surface area contributed by atoms with Crippen molar-refractivity contribution in [1.82, 2.24) is 4.90 Å². The van der Waals surface area contributed by atoms with Crippen molar-refractivity contribution in [1.29, 1.82) is 0 Å². The predicted molar refractivity (Wildman–Crippen MR) is 81.0 cm³/mol. The van der Waals surface area contributed by atoms with Crippen molar-refractivity contribution in [2.45, 2.75) is 6.42 Å². The van der Waals surface area contributed by atoms with E-state index in [9.17, 15) is 5.11 Å². The van der Waals surface area contributed by atoms with Crippen LogP contribution in [0, 0.1) is 0 Å². The molecule has 0 bridgehead atoms. The number of hydrogen-bond donors (Lipinski definition) is 2. The van der Waals surface area contributed by atoms with E-state index in [1.165, 1.54) is 6.07 Å². The highest BCUT2D eigenvalue weighted by molar-refractivity contribution is 5.86. The molecule has 2 N–H and O–H groups in total. The first-order valence-electron chi connectivity index (χ1n) is 4.25. The van der Waals surface area contributed by atoms with Crippen LogP contribution in [0.5, 0.6) is 11.5 Å². The monoisotopic (exact) mass is 325 g/mol. The SMILES string of the molecule is CN(C)CCc1ccc(O)c(O)c1.Cl.Cl.Cl.Cl. The highest BCUT2D eigenvalue weighted by Crippen LogP contribution is 2.24. The molecule has 0 fully saturated rings. The number of nitrogens with zero attached hydrogens (tertiary/aromatic N) is 1. The predicted octanol–water partition coefficient (Wildman–Crippen LogP) is 2.89. The number of phenols is 2. The van der Waals surface area contributed by atoms with Gasteiger partial charge in [-0.3, -0.25) is 0 Å². The minimum absolute atomic E-state index is 0. The zero-order valence-corrected chi connectivity index (χ0v) is 12.9. The molecule has 1 aromatic carbocycles. The summed E-state index contributed by atoms with van der Waals surface area (Å²) < 4.78 is 0. The van der Waals surface area contributed by atoms with Gasteiger partial charge in [0, 0.05) is 6.54 Å². The van der Waals surface area contributed by atoms with Crippen molar-refractivity contribution < 1.29 is 10.2 Å². The minimum atomic E-state index is -0.0615. The molecule has 0 aliphatic carbocycles. The molecular formula is C10H19Cl4NO2. The van der Waals surface area contributed by atoms with E-state index in [-0.39, 0.29) is 61.1 Å². The molecule has 7 heteroatoms. The molecule has 17 heavy (non-hydrogen) atoms. The molecule has 0 atom stereocenters. The van der Waals surface area contributed by atoms with E-state index in [2.05, 4.69) is 4.90 Å². The summed E-state index contributed by atoms with van der Waals surface area (Å²) in [5.41, 5.74) is 1.03. The number of benzene rings is 1. The summed E-state index contributed by atoms with van der Waals surface area (Å²) in [7, 11) is 4.00. The van der Waals surface area contributed by atoms with Gasteiger partial charge in [-0.15, -0.1) is 49.6 Å². The molecule has 0 aliphatic rings. The van der Waals surface area contributed by atoms with Crippen molar-refractivity contribution in [2.24, 2.45) is 0 Å². The summed E-state index contributed by atoms with van der Waals surface area (Å²) in [4.78, 5) is 2.07. The van der Waals surface area contributed by atoms with Crippen LogP contribution < -0.4 is 0 Å². The van der Waals surface area contributed by atoms with Crippen molar-refractivity contribution in [3.8, 4) is 11.5 Å². The van der Waals surface area contributed by atoms with Gasteiger partial charge in [0.05, 0.1) is 0 Å². The van der Waals surface area contributed by atoms with Gasteiger partial charge in [0.1, 0.15) is 0 Å². The normalized spacial score (nSPS) is 8.18. The topological polar surface area (TPSA) is 43.7 Å². The summed E-state index contributed by atoms with van der Waals surface area (Å²) in [5.74, 6) is -0.107. The molecule has 0 aliphatic heterocycles. The molecule has 0 radical (unpaired) electrons. The Balaban J connectivity index is -0.000000211. The Morgan fingerprint density at radius 1 is 0.941 bits per heavy atom. The van der Waals surface area contributed by atoms with Crippen LogP contribution in [0.15, 0.2) is 18.2 Å². The van der Waals surface area contributed by atoms with Crippen molar-refractivity contribution in [2.75, 3.05) is 20.6 Å². The lowest BCUT2D eigenvalue weighted by Crippen LogP contribution is -2.14. The van der Waals surface area contributed by atoms with Gasteiger partial charge in [0.2, 0.25) is 0 Å². The quantitative estimate of drug-likeness (QED) is 0.839. The molecule has 0 spiro atoms. The zero-order valence-electron chi connectivity index (χ0n) is 9.62. The Hall–Kier alpha value is -0.0600. The molecule has 0 aromatic heterocycles.